The second-order valence-corrected chi connectivity index (χ2v) is 5.93. The average molecular weight is 412 g/mol. The van der Waals surface area contributed by atoms with Crippen molar-refractivity contribution >= 4 is 15.8 Å². The molecule has 2 aromatic heterocycles. The molecule has 1 unspecified atom stereocenters. The first kappa shape index (κ1) is 20.5. The van der Waals surface area contributed by atoms with E-state index in [1.807, 2.05) is 61.3 Å². The molecule has 7 heteroatoms. The fraction of sp³-hybridized carbons (Fsp3) is 0.263. The zero-order chi connectivity index (χ0) is 19.0. The Balaban J connectivity index is 0.00000117. The first-order valence-corrected chi connectivity index (χ1v) is 9.71. The number of aliphatic hydroxyl groups is 1. The van der Waals surface area contributed by atoms with Crippen LogP contribution in [0.25, 0.3) is 11.0 Å². The van der Waals surface area contributed by atoms with Crippen LogP contribution in [0.3, 0.4) is 0 Å². The molecule has 0 fully saturated rings. The number of likely N-dealkylation sites (N-methyl/N-ethyl adjacent to an activating group) is 1. The molecule has 2 aromatic rings. The predicted octanol–water partition coefficient (Wildman–Crippen LogP) is 3.62. The van der Waals surface area contributed by atoms with E-state index in [1.165, 1.54) is 0 Å². The van der Waals surface area contributed by atoms with E-state index in [0.29, 0.717) is 6.54 Å². The molecule has 0 aromatic carbocycles. The standard InChI is InChI=1S/C19H21N4O.ClH.Mn/c1-19(18-8-4-6-10-21-18)14-15(23(2)11-12-24)13-17(22-19)16-7-3-5-9-20-16;;/h3-10,13-14,24H,11-12H2,1-2H3;1H;/q-1;;+2/p-1. The van der Waals surface area contributed by atoms with E-state index < -0.39 is 5.54 Å². The number of nitrogens with zero attached hydrogens (tertiary/aromatic N) is 4. The van der Waals surface area contributed by atoms with E-state index >= 15 is 0 Å². The molecule has 0 bridgehead atoms. The topological polar surface area (TPSA) is 63.4 Å². The van der Waals surface area contributed by atoms with Crippen molar-refractivity contribution in [3.05, 3.63) is 83.3 Å². The summed E-state index contributed by atoms with van der Waals surface area (Å²) in [4.78, 5) is 10.9. The summed E-state index contributed by atoms with van der Waals surface area (Å²) in [5.41, 5.74) is 2.92. The molecule has 3 rings (SSSR count). The molecule has 0 amide bonds. The summed E-state index contributed by atoms with van der Waals surface area (Å²) in [6.07, 6.45) is 7.62. The molecule has 0 saturated heterocycles. The number of aliphatic hydroxyl groups excluding tert-OH is 1. The number of hydrogen-bond donors (Lipinski definition) is 1. The Bertz CT molecular complexity index is 755. The van der Waals surface area contributed by atoms with Crippen molar-refractivity contribution in [1.29, 1.82) is 0 Å². The van der Waals surface area contributed by atoms with E-state index in [-0.39, 0.29) is 6.61 Å². The number of hydrogen-bond acceptors (Lipinski definition) is 4. The molecule has 1 aliphatic heterocycles. The van der Waals surface area contributed by atoms with Crippen LogP contribution in [0.5, 0.6) is 0 Å². The number of halogens is 1. The molecule has 1 N–H and O–H groups in total. The minimum absolute atomic E-state index is 0.0953. The van der Waals surface area contributed by atoms with Crippen molar-refractivity contribution in [1.82, 2.24) is 14.9 Å². The van der Waals surface area contributed by atoms with Gasteiger partial charge in [0.15, 0.2) is 0 Å². The summed E-state index contributed by atoms with van der Waals surface area (Å²) in [6, 6.07) is 11.6. The molecule has 5 nitrogen and oxygen atoms in total. The maximum atomic E-state index is 9.26. The third-order valence-electron chi connectivity index (χ3n) is 4.05. The first-order valence-electron chi connectivity index (χ1n) is 8.09. The summed E-state index contributed by atoms with van der Waals surface area (Å²) in [7, 11) is 6.41. The van der Waals surface area contributed by atoms with Crippen LogP contribution in [0, 0.1) is 0 Å². The zero-order valence-electron chi connectivity index (χ0n) is 14.7. The SMILES string of the molecule is CN(CCO)C1=CC(C)(c2ccccn2)[N-]C(c2ccccn2)=C1.[Cl][Mn+]. The summed E-state index contributed by atoms with van der Waals surface area (Å²) < 4.78 is 0. The van der Waals surface area contributed by atoms with Gasteiger partial charge in [-0.05, 0) is 29.8 Å². The molecule has 0 saturated carbocycles. The van der Waals surface area contributed by atoms with Crippen LogP contribution in [-0.4, -0.2) is 40.2 Å². The van der Waals surface area contributed by atoms with Crippen LogP contribution in [0.1, 0.15) is 18.3 Å². The van der Waals surface area contributed by atoms with Gasteiger partial charge in [-0.3, -0.25) is 9.97 Å². The Kier molecular flexibility index (Phi) is 7.66. The Morgan fingerprint density at radius 1 is 1.15 bits per heavy atom. The summed E-state index contributed by atoms with van der Waals surface area (Å²) in [5, 5.41) is 14.2. The molecular weight excluding hydrogens is 391 g/mol. The van der Waals surface area contributed by atoms with Crippen LogP contribution >= 0.6 is 10.1 Å². The molecular formula is C19H21ClMnN4O. The number of pyridine rings is 2. The normalized spacial score (nSPS) is 18.6. The van der Waals surface area contributed by atoms with Gasteiger partial charge < -0.3 is 15.3 Å². The van der Waals surface area contributed by atoms with Gasteiger partial charge in [-0.2, -0.15) is 0 Å². The zero-order valence-corrected chi connectivity index (χ0v) is 16.6. The van der Waals surface area contributed by atoms with Crippen molar-refractivity contribution in [2.75, 3.05) is 20.2 Å². The van der Waals surface area contributed by atoms with Gasteiger partial charge >= 0.3 is 25.2 Å². The van der Waals surface area contributed by atoms with E-state index in [0.717, 1.165) is 22.8 Å². The van der Waals surface area contributed by atoms with Gasteiger partial charge in [0.1, 0.15) is 0 Å². The van der Waals surface area contributed by atoms with Gasteiger partial charge in [0.2, 0.25) is 0 Å². The fourth-order valence-corrected chi connectivity index (χ4v) is 2.72. The van der Waals surface area contributed by atoms with Gasteiger partial charge in [0, 0.05) is 43.1 Å². The van der Waals surface area contributed by atoms with E-state index in [2.05, 4.69) is 41.2 Å². The Labute approximate surface area is 166 Å². The van der Waals surface area contributed by atoms with Crippen molar-refractivity contribution in [3.8, 4) is 0 Å². The third kappa shape index (κ3) is 4.86. The molecule has 3 heterocycles. The van der Waals surface area contributed by atoms with E-state index in [4.69, 9.17) is 5.32 Å². The summed E-state index contributed by atoms with van der Waals surface area (Å²) in [6.45, 7) is 2.69. The number of aromatic nitrogens is 2. The molecule has 0 aliphatic carbocycles. The van der Waals surface area contributed by atoms with Gasteiger partial charge in [-0.1, -0.05) is 31.2 Å². The van der Waals surface area contributed by atoms with Gasteiger partial charge in [0.25, 0.3) is 0 Å². The number of allylic oxidation sites excluding steroid dienone is 1. The first-order chi connectivity index (χ1) is 12.6. The van der Waals surface area contributed by atoms with Crippen molar-refractivity contribution in [2.45, 2.75) is 12.5 Å². The monoisotopic (exact) mass is 411 g/mol. The van der Waals surface area contributed by atoms with E-state index in [1.54, 1.807) is 12.4 Å². The Hall–Kier alpha value is -1.85. The second kappa shape index (κ2) is 9.74. The molecule has 26 heavy (non-hydrogen) atoms. The summed E-state index contributed by atoms with van der Waals surface area (Å²) >= 11 is 2.41. The fourth-order valence-electron chi connectivity index (χ4n) is 2.72. The second-order valence-electron chi connectivity index (χ2n) is 5.93. The molecule has 0 spiro atoms. The van der Waals surface area contributed by atoms with Gasteiger partial charge in [-0.15, -0.1) is 5.70 Å². The van der Waals surface area contributed by atoms with Crippen LogP contribution in [0.2, 0.25) is 0 Å². The molecule has 137 valence electrons. The number of rotatable bonds is 5. The molecule has 0 radical (unpaired) electrons. The van der Waals surface area contributed by atoms with Gasteiger partial charge in [0.05, 0.1) is 6.61 Å². The Morgan fingerprint density at radius 2 is 1.85 bits per heavy atom. The predicted molar refractivity (Wildman–Crippen MR) is 101 cm³/mol. The van der Waals surface area contributed by atoms with Crippen LogP contribution in [-0.2, 0) is 20.6 Å². The maximum absolute atomic E-state index is 9.26. The van der Waals surface area contributed by atoms with Crippen LogP contribution < -0.4 is 0 Å². The molecule has 1 aliphatic rings. The summed E-state index contributed by atoms with van der Waals surface area (Å²) in [5.74, 6) is 0. The van der Waals surface area contributed by atoms with Crippen molar-refractivity contribution in [2.24, 2.45) is 0 Å². The quantitative estimate of drug-likeness (QED) is 0.763. The van der Waals surface area contributed by atoms with Crippen LogP contribution in [0.15, 0.2) is 66.6 Å². The van der Waals surface area contributed by atoms with Crippen LogP contribution in [0.4, 0.5) is 0 Å². The Morgan fingerprint density at radius 3 is 2.42 bits per heavy atom. The molecule has 1 atom stereocenters. The minimum atomic E-state index is -0.581. The van der Waals surface area contributed by atoms with E-state index in [9.17, 15) is 5.11 Å². The third-order valence-corrected chi connectivity index (χ3v) is 4.05. The van der Waals surface area contributed by atoms with Crippen molar-refractivity contribution < 1.29 is 20.2 Å². The van der Waals surface area contributed by atoms with Gasteiger partial charge in [-0.25, -0.2) is 0 Å². The van der Waals surface area contributed by atoms with Crippen molar-refractivity contribution in [3.63, 3.8) is 0 Å². The average Bonchev–Trinajstić information content (AvgIpc) is 2.71.